The summed E-state index contributed by atoms with van der Waals surface area (Å²) in [7, 11) is 0. The number of urea groups is 1. The van der Waals surface area contributed by atoms with Crippen molar-refractivity contribution < 1.29 is 18.9 Å². The molecule has 0 spiro atoms. The van der Waals surface area contributed by atoms with E-state index in [2.05, 4.69) is 71.0 Å². The summed E-state index contributed by atoms with van der Waals surface area (Å²) in [6.07, 6.45) is 5.70. The topological polar surface area (TPSA) is 175 Å². The molecule has 3 aromatic heterocycles. The van der Waals surface area contributed by atoms with E-state index in [0.717, 1.165) is 72.8 Å². The lowest BCUT2D eigenvalue weighted by atomic mass is 9.96. The summed E-state index contributed by atoms with van der Waals surface area (Å²) < 4.78 is 5.22. The molecular formula is C43H51N11O4. The predicted molar refractivity (Wildman–Crippen MR) is 222 cm³/mol. The molecule has 3 N–H and O–H groups in total. The number of carbonyl (C=O) groups excluding carboxylic acids is 3. The van der Waals surface area contributed by atoms with Crippen LogP contribution in [0.5, 0.6) is 0 Å². The number of aromatic nitrogens is 5. The third-order valence-corrected chi connectivity index (χ3v) is 10.7. The first kappa shape index (κ1) is 40.0. The van der Waals surface area contributed by atoms with E-state index in [1.165, 1.54) is 11.9 Å². The summed E-state index contributed by atoms with van der Waals surface area (Å²) in [5.41, 5.74) is 6.43. The minimum absolute atomic E-state index is 0.0547. The Bertz CT molecular complexity index is 2250. The largest absolute Gasteiger partial charge is 0.365 e. The van der Waals surface area contributed by atoms with E-state index >= 15 is 0 Å². The number of anilines is 4. The molecule has 5 aromatic rings. The minimum atomic E-state index is -0.417. The van der Waals surface area contributed by atoms with Crippen LogP contribution in [0.15, 0.2) is 77.7 Å². The van der Waals surface area contributed by atoms with Gasteiger partial charge in [0.15, 0.2) is 5.82 Å². The Morgan fingerprint density at radius 2 is 1.76 bits per heavy atom. The van der Waals surface area contributed by atoms with Gasteiger partial charge in [0.1, 0.15) is 18.0 Å². The zero-order valence-electron chi connectivity index (χ0n) is 34.0. The Hall–Kier alpha value is -6.22. The first-order valence-corrected chi connectivity index (χ1v) is 19.8. The van der Waals surface area contributed by atoms with Crippen molar-refractivity contribution in [1.29, 1.82) is 0 Å². The van der Waals surface area contributed by atoms with Crippen LogP contribution in [0.3, 0.4) is 0 Å². The SMILES string of the molecule is CC[C@@H]1CN(CCc2ccc(N3CCC(=O)NC3=O)cc2)CCN1c1ccc(Nc2cc(-c3ccc([C@@H](C)NC(=O)c4nc(C(C)(C)C)no4)c(C)c3)ncn2)nc1. The van der Waals surface area contributed by atoms with Gasteiger partial charge in [-0.2, -0.15) is 4.98 Å². The van der Waals surface area contributed by atoms with Crippen molar-refractivity contribution in [3.05, 3.63) is 102 Å². The number of nitrogens with one attached hydrogen (secondary N) is 3. The summed E-state index contributed by atoms with van der Waals surface area (Å²) in [6.45, 7) is 16.2. The van der Waals surface area contributed by atoms with Crippen molar-refractivity contribution in [2.75, 3.05) is 47.8 Å². The number of benzene rings is 2. The van der Waals surface area contributed by atoms with Gasteiger partial charge < -0.3 is 20.1 Å². The van der Waals surface area contributed by atoms with Gasteiger partial charge in [0.25, 0.3) is 0 Å². The smallest absolute Gasteiger partial charge is 0.328 e. The highest BCUT2D eigenvalue weighted by Crippen LogP contribution is 2.28. The minimum Gasteiger partial charge on any atom is -0.365 e. The van der Waals surface area contributed by atoms with Crippen molar-refractivity contribution in [3.63, 3.8) is 0 Å². The molecule has 0 bridgehead atoms. The Kier molecular flexibility index (Phi) is 11.8. The molecule has 0 aliphatic carbocycles. The van der Waals surface area contributed by atoms with Gasteiger partial charge in [-0.3, -0.25) is 24.7 Å². The molecular weight excluding hydrogens is 735 g/mol. The van der Waals surface area contributed by atoms with Crippen LogP contribution in [0.25, 0.3) is 11.3 Å². The van der Waals surface area contributed by atoms with Gasteiger partial charge in [0, 0.05) is 67.9 Å². The van der Waals surface area contributed by atoms with E-state index in [-0.39, 0.29) is 29.3 Å². The van der Waals surface area contributed by atoms with Crippen LogP contribution in [-0.4, -0.2) is 86.6 Å². The first-order chi connectivity index (χ1) is 27.8. The average molecular weight is 786 g/mol. The molecule has 2 atom stereocenters. The Morgan fingerprint density at radius 3 is 2.45 bits per heavy atom. The number of carbonyl (C=O) groups is 3. The van der Waals surface area contributed by atoms with Crippen molar-refractivity contribution >= 4 is 40.9 Å². The third kappa shape index (κ3) is 9.31. The van der Waals surface area contributed by atoms with Crippen LogP contribution in [0.4, 0.5) is 27.8 Å². The van der Waals surface area contributed by atoms with Crippen LogP contribution in [0, 0.1) is 6.92 Å². The number of aryl methyl sites for hydroxylation is 1. The third-order valence-electron chi connectivity index (χ3n) is 10.7. The number of hydrogen-bond donors (Lipinski definition) is 3. The molecule has 15 heteroatoms. The normalized spacial score (nSPS) is 16.9. The molecule has 2 aromatic carbocycles. The fourth-order valence-corrected chi connectivity index (χ4v) is 7.37. The second-order valence-corrected chi connectivity index (χ2v) is 16.0. The van der Waals surface area contributed by atoms with Crippen LogP contribution >= 0.6 is 0 Å². The second kappa shape index (κ2) is 17.1. The highest BCUT2D eigenvalue weighted by molar-refractivity contribution is 6.05. The van der Waals surface area contributed by atoms with E-state index < -0.39 is 5.91 Å². The number of imide groups is 1. The van der Waals surface area contributed by atoms with E-state index in [0.29, 0.717) is 36.5 Å². The van der Waals surface area contributed by atoms with E-state index in [9.17, 15) is 14.4 Å². The maximum Gasteiger partial charge on any atom is 0.328 e. The molecule has 7 rings (SSSR count). The van der Waals surface area contributed by atoms with Gasteiger partial charge in [-0.1, -0.05) is 57.1 Å². The van der Waals surface area contributed by atoms with Gasteiger partial charge in [-0.05, 0) is 73.7 Å². The molecule has 58 heavy (non-hydrogen) atoms. The van der Waals surface area contributed by atoms with Gasteiger partial charge >= 0.3 is 17.8 Å². The molecule has 15 nitrogen and oxygen atoms in total. The monoisotopic (exact) mass is 785 g/mol. The number of pyridine rings is 1. The average Bonchev–Trinajstić information content (AvgIpc) is 3.73. The van der Waals surface area contributed by atoms with E-state index in [1.54, 1.807) is 4.90 Å². The van der Waals surface area contributed by atoms with Gasteiger partial charge in [-0.15, -0.1) is 0 Å². The lowest BCUT2D eigenvalue weighted by molar-refractivity contribution is -0.120. The summed E-state index contributed by atoms with van der Waals surface area (Å²) in [6, 6.07) is 19.8. The second-order valence-electron chi connectivity index (χ2n) is 16.0. The zero-order valence-corrected chi connectivity index (χ0v) is 34.0. The Morgan fingerprint density at radius 1 is 0.966 bits per heavy atom. The lowest BCUT2D eigenvalue weighted by Gasteiger charge is -2.42. The number of amides is 4. The summed E-state index contributed by atoms with van der Waals surface area (Å²) in [4.78, 5) is 61.1. The number of hydrogen-bond acceptors (Lipinski definition) is 12. The van der Waals surface area contributed by atoms with E-state index in [4.69, 9.17) is 9.51 Å². The quantitative estimate of drug-likeness (QED) is 0.128. The molecule has 2 saturated heterocycles. The summed E-state index contributed by atoms with van der Waals surface area (Å²) >= 11 is 0. The van der Waals surface area contributed by atoms with Crippen molar-refractivity contribution in [2.45, 2.75) is 78.3 Å². The predicted octanol–water partition coefficient (Wildman–Crippen LogP) is 6.35. The molecule has 5 heterocycles. The Labute approximate surface area is 338 Å². The standard InChI is InChI=1S/C43H51N11O4/c1-7-31-25-52(18-16-29-8-11-32(12-9-29)54-19-17-38(55)49-42(54)57)20-21-53(31)33-13-15-36(44-24-33)48-37-23-35(45-26-46-37)30-10-14-34(27(2)22-30)28(3)47-39(56)40-50-41(51-58-40)43(4,5)6/h8-15,22-24,26,28,31H,7,16-21,25H2,1-6H3,(H,47,56)(H,49,55,57)(H,44,45,46,48)/t28-,31-/m1/s1. The van der Waals surface area contributed by atoms with Gasteiger partial charge in [0.2, 0.25) is 5.91 Å². The Balaban J connectivity index is 0.914. The van der Waals surface area contributed by atoms with Crippen molar-refractivity contribution in [3.8, 4) is 11.3 Å². The number of rotatable bonds is 12. The van der Waals surface area contributed by atoms with Crippen molar-refractivity contribution in [2.24, 2.45) is 0 Å². The lowest BCUT2D eigenvalue weighted by Crippen LogP contribution is -2.53. The molecule has 0 unspecified atom stereocenters. The fourth-order valence-electron chi connectivity index (χ4n) is 7.37. The summed E-state index contributed by atoms with van der Waals surface area (Å²) in [5, 5.41) is 12.6. The molecule has 2 fully saturated rings. The number of nitrogens with zero attached hydrogens (tertiary/aromatic N) is 8. The van der Waals surface area contributed by atoms with Crippen LogP contribution in [-0.2, 0) is 16.6 Å². The highest BCUT2D eigenvalue weighted by Gasteiger charge is 2.28. The molecule has 2 aliphatic rings. The van der Waals surface area contributed by atoms with Crippen molar-refractivity contribution in [1.82, 2.24) is 40.6 Å². The number of piperazine rings is 1. The highest BCUT2D eigenvalue weighted by atomic mass is 16.5. The first-order valence-electron chi connectivity index (χ1n) is 19.8. The maximum absolute atomic E-state index is 12.9. The fraction of sp³-hybridized carbons (Fsp3) is 0.395. The van der Waals surface area contributed by atoms with Crippen LogP contribution in [0.1, 0.15) is 86.7 Å². The molecule has 0 saturated carbocycles. The molecule has 302 valence electrons. The molecule has 0 radical (unpaired) electrons. The molecule has 2 aliphatic heterocycles. The van der Waals surface area contributed by atoms with Gasteiger partial charge in [-0.25, -0.2) is 19.7 Å². The molecule has 4 amide bonds. The van der Waals surface area contributed by atoms with Gasteiger partial charge in [0.05, 0.1) is 23.6 Å². The summed E-state index contributed by atoms with van der Waals surface area (Å²) in [5.74, 6) is 1.10. The van der Waals surface area contributed by atoms with Crippen LogP contribution < -0.4 is 25.8 Å². The zero-order chi connectivity index (χ0) is 41.0. The van der Waals surface area contributed by atoms with E-state index in [1.807, 2.05) is 83.3 Å². The van der Waals surface area contributed by atoms with Crippen LogP contribution in [0.2, 0.25) is 0 Å². The maximum atomic E-state index is 12.9.